The third-order valence-electron chi connectivity index (χ3n) is 1.91. The molecule has 3 heteroatoms. The van der Waals surface area contributed by atoms with Crippen LogP contribution in [0.25, 0.3) is 0 Å². The Labute approximate surface area is 81.5 Å². The topological polar surface area (TPSA) is 41.5 Å². The Morgan fingerprint density at radius 1 is 1.31 bits per heavy atom. The van der Waals surface area contributed by atoms with Crippen LogP contribution in [0.2, 0.25) is 0 Å². The van der Waals surface area contributed by atoms with Gasteiger partial charge in [-0.3, -0.25) is 0 Å². The molecule has 0 unspecified atom stereocenters. The van der Waals surface area contributed by atoms with Gasteiger partial charge in [0.15, 0.2) is 0 Å². The average molecular weight is 189 g/mol. The third-order valence-corrected chi connectivity index (χ3v) is 1.91. The molecule has 0 heterocycles. The van der Waals surface area contributed by atoms with E-state index >= 15 is 0 Å². The minimum absolute atomic E-state index is 0.199. The summed E-state index contributed by atoms with van der Waals surface area (Å²) >= 11 is 0. The molecular formula is C10H23NO2. The van der Waals surface area contributed by atoms with Crippen LogP contribution in [0.15, 0.2) is 0 Å². The molecule has 0 aliphatic heterocycles. The van der Waals surface area contributed by atoms with E-state index < -0.39 is 0 Å². The van der Waals surface area contributed by atoms with Gasteiger partial charge in [-0.2, -0.15) is 0 Å². The van der Waals surface area contributed by atoms with Crippen LogP contribution in [-0.4, -0.2) is 37.5 Å². The second kappa shape index (κ2) is 7.30. The van der Waals surface area contributed by atoms with Gasteiger partial charge in [-0.1, -0.05) is 13.8 Å². The highest BCUT2D eigenvalue weighted by Gasteiger charge is 2.12. The molecule has 2 atom stereocenters. The fourth-order valence-corrected chi connectivity index (χ4v) is 1.46. The van der Waals surface area contributed by atoms with E-state index in [-0.39, 0.29) is 12.6 Å². The summed E-state index contributed by atoms with van der Waals surface area (Å²) in [6.07, 6.45) is 1.00. The summed E-state index contributed by atoms with van der Waals surface area (Å²) in [5, 5.41) is 12.4. The Balaban J connectivity index is 3.69. The molecule has 0 saturated carbocycles. The van der Waals surface area contributed by atoms with E-state index in [1.807, 2.05) is 0 Å². The standard InChI is InChI=1S/C10H23NO2/c1-8(2)5-10(6-12)11-9(3)7-13-4/h8-12H,5-7H2,1-4H3/t9-,10-/m1/s1. The average Bonchev–Trinajstić information content (AvgIpc) is 2.02. The summed E-state index contributed by atoms with van der Waals surface area (Å²) in [6, 6.07) is 0.506. The van der Waals surface area contributed by atoms with E-state index in [0.29, 0.717) is 18.6 Å². The molecule has 2 N–H and O–H groups in total. The molecule has 0 aliphatic rings. The molecule has 0 fully saturated rings. The van der Waals surface area contributed by atoms with Crippen LogP contribution in [0.1, 0.15) is 27.2 Å². The van der Waals surface area contributed by atoms with Crippen LogP contribution in [-0.2, 0) is 4.74 Å². The van der Waals surface area contributed by atoms with Crippen LogP contribution in [0, 0.1) is 5.92 Å². The van der Waals surface area contributed by atoms with Crippen LogP contribution in [0.3, 0.4) is 0 Å². The maximum absolute atomic E-state index is 9.09. The molecule has 3 nitrogen and oxygen atoms in total. The smallest absolute Gasteiger partial charge is 0.0613 e. The maximum Gasteiger partial charge on any atom is 0.0613 e. The van der Waals surface area contributed by atoms with E-state index in [2.05, 4.69) is 26.1 Å². The first kappa shape index (κ1) is 12.9. The zero-order valence-corrected chi connectivity index (χ0v) is 9.21. The minimum Gasteiger partial charge on any atom is -0.395 e. The van der Waals surface area contributed by atoms with Gasteiger partial charge in [0.25, 0.3) is 0 Å². The van der Waals surface area contributed by atoms with Crippen molar-refractivity contribution in [1.82, 2.24) is 5.32 Å². The van der Waals surface area contributed by atoms with Crippen molar-refractivity contribution in [1.29, 1.82) is 0 Å². The lowest BCUT2D eigenvalue weighted by molar-refractivity contribution is 0.149. The lowest BCUT2D eigenvalue weighted by atomic mass is 10.0. The highest BCUT2D eigenvalue weighted by atomic mass is 16.5. The van der Waals surface area contributed by atoms with E-state index in [9.17, 15) is 0 Å². The van der Waals surface area contributed by atoms with Gasteiger partial charge < -0.3 is 15.2 Å². The zero-order chi connectivity index (χ0) is 10.3. The van der Waals surface area contributed by atoms with E-state index in [1.165, 1.54) is 0 Å². The van der Waals surface area contributed by atoms with Crippen molar-refractivity contribution >= 4 is 0 Å². The van der Waals surface area contributed by atoms with Crippen molar-refractivity contribution in [3.8, 4) is 0 Å². The molecule has 0 radical (unpaired) electrons. The predicted molar refractivity (Wildman–Crippen MR) is 54.8 cm³/mol. The lowest BCUT2D eigenvalue weighted by Crippen LogP contribution is -2.41. The molecule has 0 aromatic carbocycles. The number of hydrogen-bond acceptors (Lipinski definition) is 3. The van der Waals surface area contributed by atoms with Crippen LogP contribution in [0.4, 0.5) is 0 Å². The monoisotopic (exact) mass is 189 g/mol. The Kier molecular flexibility index (Phi) is 7.23. The fraction of sp³-hybridized carbons (Fsp3) is 1.00. The predicted octanol–water partition coefficient (Wildman–Crippen LogP) is 1.02. The second-order valence-electron chi connectivity index (χ2n) is 4.03. The molecule has 0 amide bonds. The molecule has 0 rings (SSSR count). The third kappa shape index (κ3) is 6.99. The normalized spacial score (nSPS) is 16.2. The van der Waals surface area contributed by atoms with Crippen molar-refractivity contribution in [2.75, 3.05) is 20.3 Å². The molecular weight excluding hydrogens is 166 g/mol. The Morgan fingerprint density at radius 2 is 1.92 bits per heavy atom. The fourth-order valence-electron chi connectivity index (χ4n) is 1.46. The van der Waals surface area contributed by atoms with Crippen molar-refractivity contribution in [2.24, 2.45) is 5.92 Å². The van der Waals surface area contributed by atoms with Gasteiger partial charge in [0.1, 0.15) is 0 Å². The van der Waals surface area contributed by atoms with Crippen molar-refractivity contribution in [3.63, 3.8) is 0 Å². The summed E-state index contributed by atoms with van der Waals surface area (Å²) in [7, 11) is 1.69. The van der Waals surface area contributed by atoms with Crippen molar-refractivity contribution < 1.29 is 9.84 Å². The van der Waals surface area contributed by atoms with Gasteiger partial charge in [0.05, 0.1) is 13.2 Å². The Hall–Kier alpha value is -0.120. The van der Waals surface area contributed by atoms with Gasteiger partial charge in [0, 0.05) is 19.2 Å². The largest absolute Gasteiger partial charge is 0.395 e. The Bertz CT molecular complexity index is 117. The molecule has 0 aliphatic carbocycles. The molecule has 80 valence electrons. The number of aliphatic hydroxyl groups is 1. The Morgan fingerprint density at radius 3 is 2.31 bits per heavy atom. The number of aliphatic hydroxyl groups excluding tert-OH is 1. The lowest BCUT2D eigenvalue weighted by Gasteiger charge is -2.22. The molecule has 0 aromatic rings. The summed E-state index contributed by atoms with van der Waals surface area (Å²) in [5.41, 5.74) is 0. The maximum atomic E-state index is 9.09. The summed E-state index contributed by atoms with van der Waals surface area (Å²) < 4.78 is 5.01. The quantitative estimate of drug-likeness (QED) is 0.628. The number of nitrogens with one attached hydrogen (secondary N) is 1. The van der Waals surface area contributed by atoms with Crippen molar-refractivity contribution in [2.45, 2.75) is 39.3 Å². The zero-order valence-electron chi connectivity index (χ0n) is 9.21. The summed E-state index contributed by atoms with van der Waals surface area (Å²) in [4.78, 5) is 0. The minimum atomic E-state index is 0.199. The van der Waals surface area contributed by atoms with Gasteiger partial charge >= 0.3 is 0 Å². The second-order valence-corrected chi connectivity index (χ2v) is 4.03. The van der Waals surface area contributed by atoms with Crippen molar-refractivity contribution in [3.05, 3.63) is 0 Å². The van der Waals surface area contributed by atoms with Gasteiger partial charge in [0.2, 0.25) is 0 Å². The van der Waals surface area contributed by atoms with E-state index in [0.717, 1.165) is 6.42 Å². The first-order chi connectivity index (χ1) is 6.10. The SMILES string of the molecule is COC[C@@H](C)N[C@@H](CO)CC(C)C. The summed E-state index contributed by atoms with van der Waals surface area (Å²) in [5.74, 6) is 0.611. The first-order valence-electron chi connectivity index (χ1n) is 4.96. The summed E-state index contributed by atoms with van der Waals surface area (Å²) in [6.45, 7) is 7.27. The first-order valence-corrected chi connectivity index (χ1v) is 4.96. The highest BCUT2D eigenvalue weighted by molar-refractivity contribution is 4.71. The number of rotatable bonds is 7. The number of ether oxygens (including phenoxy) is 1. The van der Waals surface area contributed by atoms with Gasteiger partial charge in [-0.15, -0.1) is 0 Å². The molecule has 0 aromatic heterocycles. The van der Waals surface area contributed by atoms with Crippen LogP contribution in [0.5, 0.6) is 0 Å². The molecule has 0 spiro atoms. The van der Waals surface area contributed by atoms with Gasteiger partial charge in [-0.25, -0.2) is 0 Å². The number of hydrogen-bond donors (Lipinski definition) is 2. The molecule has 0 bridgehead atoms. The highest BCUT2D eigenvalue weighted by Crippen LogP contribution is 2.04. The van der Waals surface area contributed by atoms with E-state index in [1.54, 1.807) is 7.11 Å². The number of methoxy groups -OCH3 is 1. The van der Waals surface area contributed by atoms with Crippen LogP contribution >= 0.6 is 0 Å². The van der Waals surface area contributed by atoms with E-state index in [4.69, 9.17) is 9.84 Å². The van der Waals surface area contributed by atoms with Gasteiger partial charge in [-0.05, 0) is 19.3 Å². The van der Waals surface area contributed by atoms with Crippen LogP contribution < -0.4 is 5.32 Å². The molecule has 13 heavy (non-hydrogen) atoms. The molecule has 0 saturated heterocycles.